The summed E-state index contributed by atoms with van der Waals surface area (Å²) in [6.45, 7) is 11.8. The van der Waals surface area contributed by atoms with Crippen LogP contribution >= 0.6 is 24.0 Å². The standard InChI is InChI=1S/C22H37N5O3.HI/c1-4-9-24-20(28)19-8-6-7-18(14-19)15-25-21(23-5-2)26-16-22(3,29)17-27-10-12-30-13-11-27;/h6-8,14,29H,4-5,9-13,15-17H2,1-3H3,(H,24,28)(H2,23,25,26);1H. The molecule has 0 spiro atoms. The molecule has 0 saturated carbocycles. The molecule has 1 heterocycles. The summed E-state index contributed by atoms with van der Waals surface area (Å²) in [7, 11) is 0. The normalized spacial score (nSPS) is 16.7. The highest BCUT2D eigenvalue weighted by atomic mass is 127. The average Bonchev–Trinajstić information content (AvgIpc) is 2.74. The first-order valence-electron chi connectivity index (χ1n) is 10.9. The fraction of sp³-hybridized carbons (Fsp3) is 0.636. The van der Waals surface area contributed by atoms with E-state index in [0.29, 0.717) is 50.9 Å². The molecule has 1 aliphatic rings. The van der Waals surface area contributed by atoms with Crippen LogP contribution < -0.4 is 16.0 Å². The number of aliphatic hydroxyl groups is 1. The fourth-order valence-electron chi connectivity index (χ4n) is 3.23. The zero-order valence-corrected chi connectivity index (χ0v) is 21.3. The molecule has 1 saturated heterocycles. The van der Waals surface area contributed by atoms with Crippen LogP contribution in [0.1, 0.15) is 43.1 Å². The number of amides is 1. The van der Waals surface area contributed by atoms with Crippen molar-refractivity contribution in [1.29, 1.82) is 0 Å². The summed E-state index contributed by atoms with van der Waals surface area (Å²) in [5, 5.41) is 20.1. The molecule has 1 atom stereocenters. The molecule has 0 radical (unpaired) electrons. The van der Waals surface area contributed by atoms with Crippen molar-refractivity contribution in [2.24, 2.45) is 4.99 Å². The molecular formula is C22H38IN5O3. The summed E-state index contributed by atoms with van der Waals surface area (Å²) >= 11 is 0. The van der Waals surface area contributed by atoms with Gasteiger partial charge in [0.05, 0.1) is 25.4 Å². The highest BCUT2D eigenvalue weighted by Gasteiger charge is 2.25. The average molecular weight is 547 g/mol. The Balaban J connectivity index is 0.00000480. The van der Waals surface area contributed by atoms with E-state index in [4.69, 9.17) is 4.74 Å². The summed E-state index contributed by atoms with van der Waals surface area (Å²) in [6.07, 6.45) is 0.906. The number of aliphatic imine (C=N–C) groups is 1. The Hall–Kier alpha value is -1.43. The highest BCUT2D eigenvalue weighted by Crippen LogP contribution is 2.09. The monoisotopic (exact) mass is 547 g/mol. The topological polar surface area (TPSA) is 98.2 Å². The minimum absolute atomic E-state index is 0. The number of nitrogens with zero attached hydrogens (tertiary/aromatic N) is 2. The second kappa shape index (κ2) is 14.6. The lowest BCUT2D eigenvalue weighted by Crippen LogP contribution is -2.52. The van der Waals surface area contributed by atoms with E-state index in [1.165, 1.54) is 0 Å². The minimum Gasteiger partial charge on any atom is -0.387 e. The van der Waals surface area contributed by atoms with Gasteiger partial charge in [-0.1, -0.05) is 19.1 Å². The highest BCUT2D eigenvalue weighted by molar-refractivity contribution is 14.0. The number of nitrogens with one attached hydrogen (secondary N) is 3. The van der Waals surface area contributed by atoms with Gasteiger partial charge < -0.3 is 25.8 Å². The van der Waals surface area contributed by atoms with E-state index >= 15 is 0 Å². The first kappa shape index (κ1) is 27.6. The molecule has 1 amide bonds. The first-order valence-corrected chi connectivity index (χ1v) is 10.9. The van der Waals surface area contributed by atoms with E-state index in [0.717, 1.165) is 31.6 Å². The molecule has 1 unspecified atom stereocenters. The number of ether oxygens (including phenoxy) is 1. The number of carbonyl (C=O) groups excluding carboxylic acids is 1. The number of halogens is 1. The van der Waals surface area contributed by atoms with Gasteiger partial charge in [0.1, 0.15) is 0 Å². The van der Waals surface area contributed by atoms with E-state index < -0.39 is 5.60 Å². The Morgan fingerprint density at radius 3 is 2.65 bits per heavy atom. The van der Waals surface area contributed by atoms with Gasteiger partial charge >= 0.3 is 0 Å². The summed E-state index contributed by atoms with van der Waals surface area (Å²) in [4.78, 5) is 19.0. The van der Waals surface area contributed by atoms with Crippen LogP contribution in [0.15, 0.2) is 29.3 Å². The molecular weight excluding hydrogens is 509 g/mol. The summed E-state index contributed by atoms with van der Waals surface area (Å²) < 4.78 is 5.37. The van der Waals surface area contributed by atoms with E-state index in [2.05, 4.69) is 25.8 Å². The van der Waals surface area contributed by atoms with E-state index in [-0.39, 0.29) is 29.9 Å². The van der Waals surface area contributed by atoms with Gasteiger partial charge in [-0.25, -0.2) is 4.99 Å². The lowest BCUT2D eigenvalue weighted by Gasteiger charge is -2.34. The number of morpholine rings is 1. The van der Waals surface area contributed by atoms with Crippen LogP contribution in [0, 0.1) is 0 Å². The van der Waals surface area contributed by atoms with Crippen molar-refractivity contribution in [1.82, 2.24) is 20.9 Å². The number of carbonyl (C=O) groups is 1. The third-order valence-electron chi connectivity index (χ3n) is 4.79. The van der Waals surface area contributed by atoms with E-state index in [1.807, 2.05) is 45.0 Å². The maximum Gasteiger partial charge on any atom is 0.251 e. The summed E-state index contributed by atoms with van der Waals surface area (Å²) in [6, 6.07) is 7.51. The second-order valence-corrected chi connectivity index (χ2v) is 7.89. The smallest absolute Gasteiger partial charge is 0.251 e. The molecule has 8 nitrogen and oxygen atoms in total. The number of benzene rings is 1. The SMILES string of the molecule is CCCNC(=O)c1cccc(CN=C(NCC)NCC(C)(O)CN2CCOCC2)c1.I. The van der Waals surface area contributed by atoms with E-state index in [9.17, 15) is 9.90 Å². The first-order chi connectivity index (χ1) is 14.4. The Bertz CT molecular complexity index is 693. The maximum absolute atomic E-state index is 12.2. The van der Waals surface area contributed by atoms with Gasteiger partial charge in [0.25, 0.3) is 5.91 Å². The third-order valence-corrected chi connectivity index (χ3v) is 4.79. The van der Waals surface area contributed by atoms with Crippen LogP contribution in [0.25, 0.3) is 0 Å². The Kier molecular flexibility index (Phi) is 13.0. The zero-order valence-electron chi connectivity index (χ0n) is 18.9. The van der Waals surface area contributed by atoms with Gasteiger partial charge in [-0.05, 0) is 38.0 Å². The predicted octanol–water partition coefficient (Wildman–Crippen LogP) is 1.58. The molecule has 9 heteroatoms. The quantitative estimate of drug-likeness (QED) is 0.202. The molecule has 0 aromatic heterocycles. The molecule has 1 fully saturated rings. The number of hydrogen-bond acceptors (Lipinski definition) is 5. The van der Waals surface area contributed by atoms with Crippen LogP contribution in [0.4, 0.5) is 0 Å². The molecule has 1 aliphatic heterocycles. The van der Waals surface area contributed by atoms with Crippen molar-refractivity contribution in [2.45, 2.75) is 39.3 Å². The molecule has 176 valence electrons. The van der Waals surface area contributed by atoms with Gasteiger partial charge in [0.15, 0.2) is 5.96 Å². The fourth-order valence-corrected chi connectivity index (χ4v) is 3.23. The molecule has 0 bridgehead atoms. The second-order valence-electron chi connectivity index (χ2n) is 7.89. The number of hydrogen-bond donors (Lipinski definition) is 4. The van der Waals surface area contributed by atoms with Crippen LogP contribution in [0.2, 0.25) is 0 Å². The summed E-state index contributed by atoms with van der Waals surface area (Å²) in [5.74, 6) is 0.576. The van der Waals surface area contributed by atoms with Gasteiger partial charge in [-0.2, -0.15) is 0 Å². The molecule has 2 rings (SSSR count). The van der Waals surface area contributed by atoms with Crippen LogP contribution in [-0.4, -0.2) is 80.0 Å². The van der Waals surface area contributed by atoms with Crippen molar-refractivity contribution in [3.05, 3.63) is 35.4 Å². The Morgan fingerprint density at radius 2 is 1.97 bits per heavy atom. The Labute approximate surface area is 203 Å². The van der Waals surface area contributed by atoms with Crippen molar-refractivity contribution >= 4 is 35.8 Å². The van der Waals surface area contributed by atoms with Crippen LogP contribution in [0.5, 0.6) is 0 Å². The molecule has 1 aromatic carbocycles. The molecule has 0 aliphatic carbocycles. The summed E-state index contributed by atoms with van der Waals surface area (Å²) in [5.41, 5.74) is 0.712. The van der Waals surface area contributed by atoms with Gasteiger partial charge in [-0.15, -0.1) is 24.0 Å². The maximum atomic E-state index is 12.2. The number of rotatable bonds is 10. The lowest BCUT2D eigenvalue weighted by atomic mass is 10.1. The van der Waals surface area contributed by atoms with Crippen LogP contribution in [0.3, 0.4) is 0 Å². The number of β-amino-alcohol motifs (C(OH)–C–C–N with tert-alkyl or cyclic N) is 1. The molecule has 4 N–H and O–H groups in total. The van der Waals surface area contributed by atoms with Gasteiger partial charge in [0, 0.05) is 44.8 Å². The van der Waals surface area contributed by atoms with Gasteiger partial charge in [0.2, 0.25) is 0 Å². The molecule has 1 aromatic rings. The predicted molar refractivity (Wildman–Crippen MR) is 135 cm³/mol. The van der Waals surface area contributed by atoms with E-state index in [1.54, 1.807) is 0 Å². The largest absolute Gasteiger partial charge is 0.387 e. The van der Waals surface area contributed by atoms with Crippen molar-refractivity contribution in [3.8, 4) is 0 Å². The molecule has 31 heavy (non-hydrogen) atoms. The van der Waals surface area contributed by atoms with Crippen molar-refractivity contribution in [2.75, 3.05) is 52.5 Å². The third kappa shape index (κ3) is 10.6. The van der Waals surface area contributed by atoms with Gasteiger partial charge in [-0.3, -0.25) is 9.69 Å². The lowest BCUT2D eigenvalue weighted by molar-refractivity contribution is -0.0201. The van der Waals surface area contributed by atoms with Crippen molar-refractivity contribution < 1.29 is 14.6 Å². The van der Waals surface area contributed by atoms with Crippen LogP contribution in [-0.2, 0) is 11.3 Å². The number of guanidine groups is 1. The minimum atomic E-state index is -0.884. The Morgan fingerprint density at radius 1 is 1.23 bits per heavy atom. The zero-order chi connectivity index (χ0) is 21.8. The van der Waals surface area contributed by atoms with Crippen molar-refractivity contribution in [3.63, 3.8) is 0 Å².